The summed E-state index contributed by atoms with van der Waals surface area (Å²) in [5.41, 5.74) is 0.577. The highest BCUT2D eigenvalue weighted by Crippen LogP contribution is 2.26. The zero-order valence-corrected chi connectivity index (χ0v) is 14.3. The van der Waals surface area contributed by atoms with Crippen molar-refractivity contribution < 1.29 is 4.79 Å². The van der Waals surface area contributed by atoms with Gasteiger partial charge in [0.05, 0.1) is 11.6 Å². The van der Waals surface area contributed by atoms with Gasteiger partial charge in [0.25, 0.3) is 0 Å². The van der Waals surface area contributed by atoms with Crippen LogP contribution in [0.3, 0.4) is 0 Å². The second kappa shape index (κ2) is 7.62. The van der Waals surface area contributed by atoms with Crippen LogP contribution in [0.25, 0.3) is 0 Å². The Balaban J connectivity index is 2.09. The van der Waals surface area contributed by atoms with Gasteiger partial charge in [0.1, 0.15) is 0 Å². The van der Waals surface area contributed by atoms with Crippen LogP contribution < -0.4 is 0 Å². The lowest BCUT2D eigenvalue weighted by atomic mass is 10.1. The fourth-order valence-electron chi connectivity index (χ4n) is 3.07. The molecule has 21 heavy (non-hydrogen) atoms. The van der Waals surface area contributed by atoms with E-state index in [0.717, 1.165) is 6.54 Å². The van der Waals surface area contributed by atoms with E-state index in [1.807, 2.05) is 0 Å². The highest BCUT2D eigenvalue weighted by molar-refractivity contribution is 6.36. The molecule has 0 heterocycles. The van der Waals surface area contributed by atoms with Crippen molar-refractivity contribution in [3.05, 3.63) is 33.8 Å². The molecule has 2 rings (SSSR count). The van der Waals surface area contributed by atoms with Crippen LogP contribution in [0, 0.1) is 5.92 Å². The van der Waals surface area contributed by atoms with E-state index in [1.54, 1.807) is 18.2 Å². The molecule has 4 heteroatoms. The highest BCUT2D eigenvalue weighted by atomic mass is 35.5. The largest absolute Gasteiger partial charge is 0.293 e. The summed E-state index contributed by atoms with van der Waals surface area (Å²) in [6.45, 7) is 5.80. The minimum atomic E-state index is 0.0872. The Morgan fingerprint density at radius 2 is 1.95 bits per heavy atom. The first-order chi connectivity index (χ1) is 9.97. The fourth-order valence-corrected chi connectivity index (χ4v) is 3.58. The number of hydrogen-bond donors (Lipinski definition) is 0. The Hall–Kier alpha value is -0.570. The number of nitrogens with zero attached hydrogens (tertiary/aromatic N) is 1. The van der Waals surface area contributed by atoms with Gasteiger partial charge in [-0.1, -0.05) is 49.9 Å². The summed E-state index contributed by atoms with van der Waals surface area (Å²) in [7, 11) is 0. The van der Waals surface area contributed by atoms with Gasteiger partial charge in [-0.05, 0) is 37.0 Å². The van der Waals surface area contributed by atoms with Crippen molar-refractivity contribution in [2.24, 2.45) is 5.92 Å². The van der Waals surface area contributed by atoms with E-state index in [9.17, 15) is 4.79 Å². The van der Waals surface area contributed by atoms with Crippen molar-refractivity contribution in [3.8, 4) is 0 Å². The molecule has 0 spiro atoms. The molecule has 1 aromatic rings. The van der Waals surface area contributed by atoms with Gasteiger partial charge in [0, 0.05) is 23.2 Å². The maximum atomic E-state index is 12.6. The molecule has 0 aromatic heterocycles. The van der Waals surface area contributed by atoms with Gasteiger partial charge in [-0.15, -0.1) is 0 Å². The molecule has 1 fully saturated rings. The maximum absolute atomic E-state index is 12.6. The van der Waals surface area contributed by atoms with Crippen molar-refractivity contribution in [2.45, 2.75) is 45.6 Å². The fraction of sp³-hybridized carbons (Fsp3) is 0.588. The SMILES string of the molecule is CC(C)CN(CC(=O)c1ccc(Cl)cc1Cl)C1CCCC1. The summed E-state index contributed by atoms with van der Waals surface area (Å²) in [6.07, 6.45) is 4.95. The minimum absolute atomic E-state index is 0.0872. The average Bonchev–Trinajstić information content (AvgIpc) is 2.90. The van der Waals surface area contributed by atoms with Crippen LogP contribution in [-0.2, 0) is 0 Å². The number of rotatable bonds is 6. The molecule has 1 saturated carbocycles. The third-order valence-electron chi connectivity index (χ3n) is 4.02. The molecule has 0 saturated heterocycles. The second-order valence-corrected chi connectivity index (χ2v) is 7.15. The van der Waals surface area contributed by atoms with Crippen LogP contribution in [0.2, 0.25) is 10.0 Å². The standard InChI is InChI=1S/C17H23Cl2NO/c1-12(2)10-20(14-5-3-4-6-14)11-17(21)15-8-7-13(18)9-16(15)19/h7-9,12,14H,3-6,10-11H2,1-2H3. The van der Waals surface area contributed by atoms with Gasteiger partial charge >= 0.3 is 0 Å². The van der Waals surface area contributed by atoms with Crippen molar-refractivity contribution in [1.29, 1.82) is 0 Å². The van der Waals surface area contributed by atoms with Crippen molar-refractivity contribution >= 4 is 29.0 Å². The molecule has 1 aliphatic carbocycles. The molecule has 0 bridgehead atoms. The van der Waals surface area contributed by atoms with Crippen LogP contribution in [0.15, 0.2) is 18.2 Å². The van der Waals surface area contributed by atoms with E-state index in [-0.39, 0.29) is 5.78 Å². The smallest absolute Gasteiger partial charge is 0.178 e. The lowest BCUT2D eigenvalue weighted by Gasteiger charge is -2.29. The Bertz CT molecular complexity index is 496. The molecule has 0 atom stereocenters. The quantitative estimate of drug-likeness (QED) is 0.679. The van der Waals surface area contributed by atoms with Crippen LogP contribution in [0.4, 0.5) is 0 Å². The normalized spacial score (nSPS) is 16.1. The predicted octanol–water partition coefficient (Wildman–Crippen LogP) is 5.08. The summed E-state index contributed by atoms with van der Waals surface area (Å²) in [5.74, 6) is 0.642. The number of Topliss-reactive ketones (excluding diaryl/α,β-unsaturated/α-hetero) is 1. The third kappa shape index (κ3) is 4.70. The summed E-state index contributed by atoms with van der Waals surface area (Å²) in [5, 5.41) is 1.01. The number of carbonyl (C=O) groups excluding carboxylic acids is 1. The van der Waals surface area contributed by atoms with Crippen molar-refractivity contribution in [3.63, 3.8) is 0 Å². The maximum Gasteiger partial charge on any atom is 0.178 e. The number of hydrogen-bond acceptors (Lipinski definition) is 2. The van der Waals surface area contributed by atoms with Gasteiger partial charge < -0.3 is 0 Å². The van der Waals surface area contributed by atoms with E-state index in [1.165, 1.54) is 25.7 Å². The number of benzene rings is 1. The first-order valence-corrected chi connectivity index (χ1v) is 8.45. The van der Waals surface area contributed by atoms with Crippen LogP contribution >= 0.6 is 23.2 Å². The summed E-state index contributed by atoms with van der Waals surface area (Å²) < 4.78 is 0. The van der Waals surface area contributed by atoms with Crippen LogP contribution in [-0.4, -0.2) is 29.8 Å². The molecule has 1 aliphatic rings. The Kier molecular flexibility index (Phi) is 6.09. The van der Waals surface area contributed by atoms with Crippen molar-refractivity contribution in [1.82, 2.24) is 4.90 Å². The molecular weight excluding hydrogens is 305 g/mol. The molecule has 0 unspecified atom stereocenters. The number of carbonyl (C=O) groups is 1. The van der Waals surface area contributed by atoms with Gasteiger partial charge in [-0.25, -0.2) is 0 Å². The van der Waals surface area contributed by atoms with E-state index in [4.69, 9.17) is 23.2 Å². The van der Waals surface area contributed by atoms with Gasteiger partial charge in [0.2, 0.25) is 0 Å². The highest BCUT2D eigenvalue weighted by Gasteiger charge is 2.25. The lowest BCUT2D eigenvalue weighted by molar-refractivity contribution is 0.0876. The van der Waals surface area contributed by atoms with Gasteiger partial charge in [0.15, 0.2) is 5.78 Å². The van der Waals surface area contributed by atoms with Gasteiger partial charge in [-0.2, -0.15) is 0 Å². The molecule has 0 aliphatic heterocycles. The molecular formula is C17H23Cl2NO. The molecule has 0 radical (unpaired) electrons. The zero-order chi connectivity index (χ0) is 15.4. The first kappa shape index (κ1) is 16.8. The molecule has 1 aromatic carbocycles. The lowest BCUT2D eigenvalue weighted by Crippen LogP contribution is -2.40. The van der Waals surface area contributed by atoms with Gasteiger partial charge in [-0.3, -0.25) is 9.69 Å². The predicted molar refractivity (Wildman–Crippen MR) is 89.5 cm³/mol. The summed E-state index contributed by atoms with van der Waals surface area (Å²) in [4.78, 5) is 14.9. The second-order valence-electron chi connectivity index (χ2n) is 6.31. The van der Waals surface area contributed by atoms with Crippen LogP contribution in [0.5, 0.6) is 0 Å². The summed E-state index contributed by atoms with van der Waals surface area (Å²) >= 11 is 12.0. The monoisotopic (exact) mass is 327 g/mol. The molecule has 116 valence electrons. The van der Waals surface area contributed by atoms with E-state index >= 15 is 0 Å². The minimum Gasteiger partial charge on any atom is -0.293 e. The Morgan fingerprint density at radius 1 is 1.29 bits per heavy atom. The first-order valence-electron chi connectivity index (χ1n) is 7.69. The Labute approximate surface area is 137 Å². The summed E-state index contributed by atoms with van der Waals surface area (Å²) in [6, 6.07) is 5.64. The molecule has 0 N–H and O–H groups in total. The average molecular weight is 328 g/mol. The van der Waals surface area contributed by atoms with Crippen molar-refractivity contribution in [2.75, 3.05) is 13.1 Å². The van der Waals surface area contributed by atoms with Crippen LogP contribution in [0.1, 0.15) is 49.9 Å². The van der Waals surface area contributed by atoms with E-state index in [2.05, 4.69) is 18.7 Å². The third-order valence-corrected chi connectivity index (χ3v) is 4.57. The molecule has 2 nitrogen and oxygen atoms in total. The number of halogens is 2. The number of ketones is 1. The zero-order valence-electron chi connectivity index (χ0n) is 12.7. The van der Waals surface area contributed by atoms with E-state index < -0.39 is 0 Å². The topological polar surface area (TPSA) is 20.3 Å². The van der Waals surface area contributed by atoms with E-state index in [0.29, 0.717) is 34.1 Å². The Morgan fingerprint density at radius 3 is 2.52 bits per heavy atom. The molecule has 0 amide bonds.